The van der Waals surface area contributed by atoms with Gasteiger partial charge in [-0.25, -0.2) is 9.37 Å². The predicted octanol–water partition coefficient (Wildman–Crippen LogP) is 3.95. The Kier molecular flexibility index (Phi) is 7.36. The van der Waals surface area contributed by atoms with E-state index in [0.29, 0.717) is 17.8 Å². The number of amides is 2. The van der Waals surface area contributed by atoms with Gasteiger partial charge in [0.25, 0.3) is 5.91 Å². The third kappa shape index (κ3) is 6.43. The van der Waals surface area contributed by atoms with E-state index in [2.05, 4.69) is 15.6 Å². The van der Waals surface area contributed by atoms with Crippen LogP contribution in [0.2, 0.25) is 0 Å². The lowest BCUT2D eigenvalue weighted by Crippen LogP contribution is -2.28. The highest BCUT2D eigenvalue weighted by Gasteiger charge is 2.31. The number of carbonyl (C=O) groups is 2. The first-order valence-corrected chi connectivity index (χ1v) is 9.04. The van der Waals surface area contributed by atoms with Crippen LogP contribution >= 0.6 is 0 Å². The van der Waals surface area contributed by atoms with E-state index in [1.807, 2.05) is 0 Å². The summed E-state index contributed by atoms with van der Waals surface area (Å²) < 4.78 is 56.4. The average molecular weight is 427 g/mol. The van der Waals surface area contributed by atoms with Gasteiger partial charge in [0.1, 0.15) is 12.4 Å². The number of hydrogen-bond acceptors (Lipinski definition) is 4. The lowest BCUT2D eigenvalue weighted by molar-refractivity contribution is -0.137. The number of ether oxygens (including phenoxy) is 1. The van der Waals surface area contributed by atoms with Crippen molar-refractivity contribution >= 4 is 17.6 Å². The topological polar surface area (TPSA) is 80.3 Å². The quantitative estimate of drug-likeness (QED) is 0.518. The van der Waals surface area contributed by atoms with Crippen LogP contribution in [0.5, 0.6) is 5.75 Å². The van der Waals surface area contributed by atoms with E-state index in [-0.39, 0.29) is 42.1 Å². The third-order valence-corrected chi connectivity index (χ3v) is 3.90. The largest absolute Gasteiger partial charge is 0.489 e. The fourth-order valence-electron chi connectivity index (χ4n) is 2.36. The van der Waals surface area contributed by atoms with Crippen LogP contribution in [0.4, 0.5) is 23.4 Å². The fraction of sp³-hybridized carbons (Fsp3) is 0.350. The number of pyridine rings is 1. The molecule has 6 nitrogen and oxygen atoms in total. The monoisotopic (exact) mass is 427 g/mol. The van der Waals surface area contributed by atoms with Crippen LogP contribution in [0.15, 0.2) is 30.3 Å². The first-order chi connectivity index (χ1) is 14.0. The number of aryl methyl sites for hydroxylation is 1. The Labute approximate surface area is 170 Å². The maximum atomic E-state index is 13.7. The summed E-state index contributed by atoms with van der Waals surface area (Å²) in [6.07, 6.45) is -4.65. The number of alkyl halides is 3. The van der Waals surface area contributed by atoms with Crippen molar-refractivity contribution in [3.8, 4) is 5.75 Å². The van der Waals surface area contributed by atoms with E-state index in [9.17, 15) is 27.2 Å². The number of carbonyl (C=O) groups excluding carboxylic acids is 2. The number of rotatable bonds is 7. The Bertz CT molecular complexity index is 930. The van der Waals surface area contributed by atoms with Gasteiger partial charge in [0.05, 0.1) is 12.1 Å². The molecule has 2 aromatic rings. The van der Waals surface area contributed by atoms with Crippen LogP contribution < -0.4 is 15.4 Å². The van der Waals surface area contributed by atoms with Crippen molar-refractivity contribution in [1.82, 2.24) is 10.3 Å². The average Bonchev–Trinajstić information content (AvgIpc) is 2.64. The summed E-state index contributed by atoms with van der Waals surface area (Å²) in [6.45, 7) is 4.93. The van der Waals surface area contributed by atoms with Gasteiger partial charge in [0.2, 0.25) is 5.91 Å². The zero-order chi connectivity index (χ0) is 22.5. The summed E-state index contributed by atoms with van der Waals surface area (Å²) in [5.74, 6) is -2.24. The van der Waals surface area contributed by atoms with Crippen LogP contribution in [-0.4, -0.2) is 29.9 Å². The van der Waals surface area contributed by atoms with E-state index in [0.717, 1.165) is 6.07 Å². The van der Waals surface area contributed by atoms with Gasteiger partial charge < -0.3 is 15.4 Å². The SMILES string of the molecule is Cc1cc(C(=O)NCCOc2ccc(C(F)(F)F)cc2F)cc(NC(=O)C(C)C)n1. The molecule has 0 saturated heterocycles. The molecule has 162 valence electrons. The summed E-state index contributed by atoms with van der Waals surface area (Å²) in [6, 6.07) is 4.88. The molecule has 0 aliphatic heterocycles. The number of anilines is 1. The minimum Gasteiger partial charge on any atom is -0.489 e. The maximum Gasteiger partial charge on any atom is 0.416 e. The molecule has 0 atom stereocenters. The van der Waals surface area contributed by atoms with Gasteiger partial charge in [-0.15, -0.1) is 0 Å². The van der Waals surface area contributed by atoms with Crippen molar-refractivity contribution in [2.75, 3.05) is 18.5 Å². The minimum atomic E-state index is -4.65. The number of nitrogens with one attached hydrogen (secondary N) is 2. The molecule has 0 aliphatic carbocycles. The number of aromatic nitrogens is 1. The van der Waals surface area contributed by atoms with Crippen molar-refractivity contribution < 1.29 is 31.9 Å². The summed E-state index contributed by atoms with van der Waals surface area (Å²) >= 11 is 0. The van der Waals surface area contributed by atoms with Crippen molar-refractivity contribution in [1.29, 1.82) is 0 Å². The zero-order valence-corrected chi connectivity index (χ0v) is 16.6. The standard InChI is InChI=1S/C20H21F4N3O3/c1-11(2)18(28)27-17-9-13(8-12(3)26-17)19(29)25-6-7-30-16-5-4-14(10-15(16)21)20(22,23)24/h4-5,8-11H,6-7H2,1-3H3,(H,25,29)(H,26,27,28). The van der Waals surface area contributed by atoms with Gasteiger partial charge in [-0.05, 0) is 37.3 Å². The smallest absolute Gasteiger partial charge is 0.416 e. The highest BCUT2D eigenvalue weighted by atomic mass is 19.4. The molecule has 0 radical (unpaired) electrons. The van der Waals surface area contributed by atoms with Gasteiger partial charge in [0.15, 0.2) is 11.6 Å². The lowest BCUT2D eigenvalue weighted by atomic mass is 10.2. The van der Waals surface area contributed by atoms with Crippen molar-refractivity contribution in [2.45, 2.75) is 26.9 Å². The molecule has 0 fully saturated rings. The number of benzene rings is 1. The number of nitrogens with zero attached hydrogens (tertiary/aromatic N) is 1. The molecular weight excluding hydrogens is 406 g/mol. The third-order valence-electron chi connectivity index (χ3n) is 3.90. The first-order valence-electron chi connectivity index (χ1n) is 9.04. The van der Waals surface area contributed by atoms with Gasteiger partial charge in [-0.1, -0.05) is 13.8 Å². The molecule has 1 aromatic carbocycles. The predicted molar refractivity (Wildman–Crippen MR) is 102 cm³/mol. The highest BCUT2D eigenvalue weighted by molar-refractivity contribution is 5.97. The second-order valence-corrected chi connectivity index (χ2v) is 6.77. The lowest BCUT2D eigenvalue weighted by Gasteiger charge is -2.12. The summed E-state index contributed by atoms with van der Waals surface area (Å²) in [5, 5.41) is 5.16. The van der Waals surface area contributed by atoms with Crippen LogP contribution in [0, 0.1) is 18.7 Å². The Balaban J connectivity index is 1.92. The van der Waals surface area contributed by atoms with Crippen LogP contribution in [-0.2, 0) is 11.0 Å². The van der Waals surface area contributed by atoms with Gasteiger partial charge in [0, 0.05) is 17.2 Å². The maximum absolute atomic E-state index is 13.7. The summed E-state index contributed by atoms with van der Waals surface area (Å²) in [4.78, 5) is 28.2. The van der Waals surface area contributed by atoms with Crippen LogP contribution in [0.25, 0.3) is 0 Å². The minimum absolute atomic E-state index is 0.0195. The molecule has 2 N–H and O–H groups in total. The molecular formula is C20H21F4N3O3. The van der Waals surface area contributed by atoms with E-state index < -0.39 is 23.5 Å². The molecule has 0 aliphatic rings. The second-order valence-electron chi connectivity index (χ2n) is 6.77. The Morgan fingerprint density at radius 1 is 1.17 bits per heavy atom. The molecule has 1 heterocycles. The zero-order valence-electron chi connectivity index (χ0n) is 16.6. The second kappa shape index (κ2) is 9.55. The Morgan fingerprint density at radius 3 is 2.47 bits per heavy atom. The van der Waals surface area contributed by atoms with Crippen molar-refractivity contribution in [2.24, 2.45) is 5.92 Å². The molecule has 0 unspecified atom stereocenters. The number of halogens is 4. The van der Waals surface area contributed by atoms with Crippen LogP contribution in [0.3, 0.4) is 0 Å². The fourth-order valence-corrected chi connectivity index (χ4v) is 2.36. The van der Waals surface area contributed by atoms with E-state index in [1.54, 1.807) is 20.8 Å². The molecule has 2 rings (SSSR count). The molecule has 2 amide bonds. The van der Waals surface area contributed by atoms with Gasteiger partial charge >= 0.3 is 6.18 Å². The molecule has 30 heavy (non-hydrogen) atoms. The molecule has 0 saturated carbocycles. The molecule has 0 bridgehead atoms. The summed E-state index contributed by atoms with van der Waals surface area (Å²) in [7, 11) is 0. The van der Waals surface area contributed by atoms with Gasteiger partial charge in [-0.2, -0.15) is 13.2 Å². The van der Waals surface area contributed by atoms with Crippen molar-refractivity contribution in [3.63, 3.8) is 0 Å². The van der Waals surface area contributed by atoms with E-state index in [1.165, 1.54) is 12.1 Å². The normalized spacial score (nSPS) is 11.3. The van der Waals surface area contributed by atoms with Gasteiger partial charge in [-0.3, -0.25) is 9.59 Å². The molecule has 10 heteroatoms. The number of hydrogen-bond donors (Lipinski definition) is 2. The first kappa shape index (κ1) is 23.1. The Morgan fingerprint density at radius 2 is 1.87 bits per heavy atom. The summed E-state index contributed by atoms with van der Waals surface area (Å²) in [5.41, 5.74) is -0.346. The molecule has 1 aromatic heterocycles. The van der Waals surface area contributed by atoms with Crippen LogP contribution in [0.1, 0.15) is 35.5 Å². The highest BCUT2D eigenvalue weighted by Crippen LogP contribution is 2.31. The molecule has 0 spiro atoms. The Hall–Kier alpha value is -3.17. The van der Waals surface area contributed by atoms with E-state index in [4.69, 9.17) is 4.74 Å². The van der Waals surface area contributed by atoms with Crippen molar-refractivity contribution in [3.05, 3.63) is 53.0 Å². The van der Waals surface area contributed by atoms with E-state index >= 15 is 0 Å².